The number of piperazine rings is 1. The van der Waals surface area contributed by atoms with E-state index in [1.54, 1.807) is 13.8 Å². The summed E-state index contributed by atoms with van der Waals surface area (Å²) in [6.45, 7) is 3.94. The lowest BCUT2D eigenvalue weighted by molar-refractivity contribution is -0.133. The molecule has 1 aromatic rings. The van der Waals surface area contributed by atoms with Crippen molar-refractivity contribution in [3.05, 3.63) is 29.6 Å². The smallest absolute Gasteiger partial charge is 0.261 e. The van der Waals surface area contributed by atoms with Crippen LogP contribution in [0.5, 0.6) is 5.75 Å². The lowest BCUT2D eigenvalue weighted by atomic mass is 9.97. The maximum atomic E-state index is 14.0. The molecule has 0 saturated carbocycles. The molecule has 108 valence electrons. The van der Waals surface area contributed by atoms with Crippen LogP contribution in [0, 0.1) is 5.82 Å². The van der Waals surface area contributed by atoms with Gasteiger partial charge in [-0.2, -0.15) is 0 Å². The van der Waals surface area contributed by atoms with Gasteiger partial charge in [0.2, 0.25) is 5.91 Å². The van der Waals surface area contributed by atoms with Crippen molar-refractivity contribution < 1.29 is 18.7 Å². The fourth-order valence-corrected chi connectivity index (χ4v) is 2.27. The highest BCUT2D eigenvalue weighted by Crippen LogP contribution is 2.27. The van der Waals surface area contributed by atoms with Crippen molar-refractivity contribution in [2.75, 3.05) is 20.2 Å². The first-order valence-corrected chi connectivity index (χ1v) is 6.32. The Morgan fingerprint density at radius 3 is 2.80 bits per heavy atom. The average molecular weight is 280 g/mol. The van der Waals surface area contributed by atoms with E-state index in [1.165, 1.54) is 30.2 Å². The molecule has 0 bridgehead atoms. The second kappa shape index (κ2) is 5.11. The zero-order valence-electron chi connectivity index (χ0n) is 11.7. The Morgan fingerprint density at radius 1 is 1.45 bits per heavy atom. The van der Waals surface area contributed by atoms with Crippen molar-refractivity contribution in [2.24, 2.45) is 0 Å². The summed E-state index contributed by atoms with van der Waals surface area (Å²) in [6, 6.07) is 4.19. The standard InChI is InChI=1S/C14H17FN2O3/c1-14(2)13(19)16-7-8-17(14)12(18)11-9(15)5-4-6-10(11)20-3/h4-6H,7-8H2,1-3H3,(H,16,19). The van der Waals surface area contributed by atoms with Gasteiger partial charge in [-0.15, -0.1) is 0 Å². The molecule has 0 aromatic heterocycles. The summed E-state index contributed by atoms with van der Waals surface area (Å²) < 4.78 is 19.0. The molecule has 20 heavy (non-hydrogen) atoms. The molecule has 1 fully saturated rings. The lowest BCUT2D eigenvalue weighted by Crippen LogP contribution is -2.63. The minimum Gasteiger partial charge on any atom is -0.496 e. The number of nitrogens with zero attached hydrogens (tertiary/aromatic N) is 1. The molecule has 0 spiro atoms. The summed E-state index contributed by atoms with van der Waals surface area (Å²) >= 11 is 0. The van der Waals surface area contributed by atoms with Gasteiger partial charge in [0.15, 0.2) is 0 Å². The molecule has 0 unspecified atom stereocenters. The molecule has 1 aromatic carbocycles. The van der Waals surface area contributed by atoms with Crippen LogP contribution in [0.25, 0.3) is 0 Å². The van der Waals surface area contributed by atoms with E-state index in [1.807, 2.05) is 0 Å². The van der Waals surface area contributed by atoms with Crippen LogP contribution in [0.15, 0.2) is 18.2 Å². The molecular formula is C14H17FN2O3. The minimum absolute atomic E-state index is 0.141. The molecule has 1 aliphatic rings. The summed E-state index contributed by atoms with van der Waals surface area (Å²) in [4.78, 5) is 25.8. The first kappa shape index (κ1) is 14.3. The number of carbonyl (C=O) groups excluding carboxylic acids is 2. The third-order valence-corrected chi connectivity index (χ3v) is 3.51. The maximum absolute atomic E-state index is 14.0. The molecular weight excluding hydrogens is 263 g/mol. The molecule has 0 atom stereocenters. The topological polar surface area (TPSA) is 58.6 Å². The molecule has 1 saturated heterocycles. The van der Waals surface area contributed by atoms with Crippen LogP contribution in [-0.4, -0.2) is 42.5 Å². The number of hydrogen-bond donors (Lipinski definition) is 1. The second-order valence-electron chi connectivity index (χ2n) is 5.09. The molecule has 2 amide bonds. The van der Waals surface area contributed by atoms with E-state index < -0.39 is 17.3 Å². The number of carbonyl (C=O) groups is 2. The zero-order valence-corrected chi connectivity index (χ0v) is 11.7. The molecule has 5 nitrogen and oxygen atoms in total. The van der Waals surface area contributed by atoms with E-state index in [-0.39, 0.29) is 17.2 Å². The third kappa shape index (κ3) is 2.21. The third-order valence-electron chi connectivity index (χ3n) is 3.51. The summed E-state index contributed by atoms with van der Waals surface area (Å²) in [5, 5.41) is 2.69. The maximum Gasteiger partial charge on any atom is 0.261 e. The molecule has 1 aliphatic heterocycles. The largest absolute Gasteiger partial charge is 0.496 e. The zero-order chi connectivity index (χ0) is 14.9. The number of halogens is 1. The van der Waals surface area contributed by atoms with E-state index >= 15 is 0 Å². The number of methoxy groups -OCH3 is 1. The van der Waals surface area contributed by atoms with E-state index in [0.29, 0.717) is 13.1 Å². The second-order valence-corrected chi connectivity index (χ2v) is 5.09. The Hall–Kier alpha value is -2.11. The molecule has 6 heteroatoms. The quantitative estimate of drug-likeness (QED) is 0.885. The van der Waals surface area contributed by atoms with Crippen LogP contribution in [0.4, 0.5) is 4.39 Å². The van der Waals surface area contributed by atoms with Gasteiger partial charge < -0.3 is 15.0 Å². The molecule has 0 aliphatic carbocycles. The number of rotatable bonds is 2. The van der Waals surface area contributed by atoms with E-state index in [9.17, 15) is 14.0 Å². The van der Waals surface area contributed by atoms with E-state index in [0.717, 1.165) is 0 Å². The highest BCUT2D eigenvalue weighted by molar-refractivity contribution is 6.01. The summed E-state index contributed by atoms with van der Waals surface area (Å²) in [5.41, 5.74) is -1.17. The highest BCUT2D eigenvalue weighted by atomic mass is 19.1. The summed E-state index contributed by atoms with van der Waals surface area (Å²) in [6.07, 6.45) is 0. The highest BCUT2D eigenvalue weighted by Gasteiger charge is 2.42. The van der Waals surface area contributed by atoms with Gasteiger partial charge in [-0.25, -0.2) is 4.39 Å². The Balaban J connectivity index is 2.44. The molecule has 0 radical (unpaired) electrons. The van der Waals surface area contributed by atoms with Crippen LogP contribution < -0.4 is 10.1 Å². The monoisotopic (exact) mass is 280 g/mol. The van der Waals surface area contributed by atoms with Crippen molar-refractivity contribution in [2.45, 2.75) is 19.4 Å². The summed E-state index contributed by atoms with van der Waals surface area (Å²) in [5.74, 6) is -1.29. The van der Waals surface area contributed by atoms with Crippen molar-refractivity contribution >= 4 is 11.8 Å². The Bertz CT molecular complexity index is 557. The predicted molar refractivity (Wildman–Crippen MR) is 71.1 cm³/mol. The molecule has 2 rings (SSSR count). The van der Waals surface area contributed by atoms with Crippen molar-refractivity contribution in [1.82, 2.24) is 10.2 Å². The molecule has 1 N–H and O–H groups in total. The number of hydrogen-bond acceptors (Lipinski definition) is 3. The van der Waals surface area contributed by atoms with Gasteiger partial charge in [-0.05, 0) is 26.0 Å². The van der Waals surface area contributed by atoms with Gasteiger partial charge in [0.05, 0.1) is 7.11 Å². The van der Waals surface area contributed by atoms with Crippen molar-refractivity contribution in [3.8, 4) is 5.75 Å². The van der Waals surface area contributed by atoms with Crippen LogP contribution in [0.2, 0.25) is 0 Å². The van der Waals surface area contributed by atoms with Crippen LogP contribution in [-0.2, 0) is 4.79 Å². The Kier molecular flexibility index (Phi) is 3.65. The average Bonchev–Trinajstić information content (AvgIpc) is 2.40. The SMILES string of the molecule is COc1cccc(F)c1C(=O)N1CCNC(=O)C1(C)C. The molecule has 1 heterocycles. The van der Waals surface area contributed by atoms with Gasteiger partial charge in [-0.1, -0.05) is 6.07 Å². The van der Waals surface area contributed by atoms with Crippen LogP contribution in [0.1, 0.15) is 24.2 Å². The fraction of sp³-hybridized carbons (Fsp3) is 0.429. The predicted octanol–water partition coefficient (Wildman–Crippen LogP) is 1.18. The number of ether oxygens (including phenoxy) is 1. The first-order valence-electron chi connectivity index (χ1n) is 6.32. The van der Waals surface area contributed by atoms with Gasteiger partial charge in [0, 0.05) is 13.1 Å². The Morgan fingerprint density at radius 2 is 2.15 bits per heavy atom. The van der Waals surface area contributed by atoms with Gasteiger partial charge in [-0.3, -0.25) is 9.59 Å². The van der Waals surface area contributed by atoms with Gasteiger partial charge in [0.1, 0.15) is 22.7 Å². The fourth-order valence-electron chi connectivity index (χ4n) is 2.27. The number of benzene rings is 1. The number of amides is 2. The minimum atomic E-state index is -1.03. The van der Waals surface area contributed by atoms with Gasteiger partial charge in [0.25, 0.3) is 5.91 Å². The lowest BCUT2D eigenvalue weighted by Gasteiger charge is -2.41. The normalized spacial score (nSPS) is 17.6. The van der Waals surface area contributed by atoms with Crippen molar-refractivity contribution in [1.29, 1.82) is 0 Å². The van der Waals surface area contributed by atoms with Crippen LogP contribution in [0.3, 0.4) is 0 Å². The number of nitrogens with one attached hydrogen (secondary N) is 1. The first-order chi connectivity index (χ1) is 9.39. The van der Waals surface area contributed by atoms with Gasteiger partial charge >= 0.3 is 0 Å². The van der Waals surface area contributed by atoms with E-state index in [2.05, 4.69) is 5.32 Å². The van der Waals surface area contributed by atoms with Crippen molar-refractivity contribution in [3.63, 3.8) is 0 Å². The summed E-state index contributed by atoms with van der Waals surface area (Å²) in [7, 11) is 1.37. The van der Waals surface area contributed by atoms with E-state index in [4.69, 9.17) is 4.74 Å². The Labute approximate surface area is 116 Å². The van der Waals surface area contributed by atoms with Crippen LogP contribution >= 0.6 is 0 Å².